The summed E-state index contributed by atoms with van der Waals surface area (Å²) in [5, 5.41) is 15.8. The number of nitrogens with zero attached hydrogens (tertiary/aromatic N) is 6. The molecule has 0 atom stereocenters. The van der Waals surface area contributed by atoms with E-state index >= 15 is 0 Å². The standard InChI is InChI=1S/C24H26ClN7O2/c1-3-32-18(11-15(2)30-32)23-28-22(25)20-17-12-16(14-26)13-19(21(17)27-24(20)29-23)34-8-4-5-31-6-9-33-10-7-31/h11-13H,3-10H2,1-2H3,(H,27,28,29). The number of ether oxygens (including phenoxy) is 2. The summed E-state index contributed by atoms with van der Waals surface area (Å²) in [5.41, 5.74) is 3.55. The number of fused-ring (bicyclic) bond motifs is 3. The summed E-state index contributed by atoms with van der Waals surface area (Å²) >= 11 is 6.66. The Morgan fingerprint density at radius 2 is 2.06 bits per heavy atom. The molecule has 1 saturated heterocycles. The van der Waals surface area contributed by atoms with Crippen LogP contribution in [0, 0.1) is 18.3 Å². The van der Waals surface area contributed by atoms with Gasteiger partial charge in [0.05, 0.1) is 48.1 Å². The second kappa shape index (κ2) is 9.58. The number of hydrogen-bond donors (Lipinski definition) is 1. The molecule has 0 radical (unpaired) electrons. The summed E-state index contributed by atoms with van der Waals surface area (Å²) in [4.78, 5) is 15.0. The molecule has 1 aromatic carbocycles. The molecule has 0 unspecified atom stereocenters. The summed E-state index contributed by atoms with van der Waals surface area (Å²) in [5.74, 6) is 1.11. The first-order valence-electron chi connectivity index (χ1n) is 11.5. The van der Waals surface area contributed by atoms with E-state index in [9.17, 15) is 5.26 Å². The molecule has 4 aromatic rings. The van der Waals surface area contributed by atoms with E-state index in [1.165, 1.54) is 0 Å². The lowest BCUT2D eigenvalue weighted by Gasteiger charge is -2.26. The van der Waals surface area contributed by atoms with Crippen molar-refractivity contribution in [2.75, 3.05) is 39.5 Å². The van der Waals surface area contributed by atoms with E-state index in [-0.39, 0.29) is 0 Å². The maximum Gasteiger partial charge on any atom is 0.181 e. The van der Waals surface area contributed by atoms with Crippen LogP contribution in [0.2, 0.25) is 5.15 Å². The highest BCUT2D eigenvalue weighted by Crippen LogP contribution is 2.36. The lowest BCUT2D eigenvalue weighted by atomic mass is 10.1. The normalized spacial score (nSPS) is 14.6. The van der Waals surface area contributed by atoms with Crippen LogP contribution < -0.4 is 4.74 Å². The second-order valence-electron chi connectivity index (χ2n) is 8.34. The minimum absolute atomic E-state index is 0.320. The predicted octanol–water partition coefficient (Wildman–Crippen LogP) is 3.93. The largest absolute Gasteiger partial charge is 0.491 e. The van der Waals surface area contributed by atoms with Gasteiger partial charge < -0.3 is 14.5 Å². The summed E-state index contributed by atoms with van der Waals surface area (Å²) in [6.45, 7) is 9.60. The fraction of sp³-hybridized carbons (Fsp3) is 0.417. The van der Waals surface area contributed by atoms with Crippen molar-refractivity contribution in [2.24, 2.45) is 0 Å². The van der Waals surface area contributed by atoms with Gasteiger partial charge in [0.15, 0.2) is 5.82 Å². The highest BCUT2D eigenvalue weighted by molar-refractivity contribution is 6.36. The van der Waals surface area contributed by atoms with Crippen molar-refractivity contribution < 1.29 is 9.47 Å². The number of aryl methyl sites for hydroxylation is 2. The van der Waals surface area contributed by atoms with Gasteiger partial charge in [0, 0.05) is 37.6 Å². The number of morpholine rings is 1. The van der Waals surface area contributed by atoms with Crippen molar-refractivity contribution in [1.82, 2.24) is 29.6 Å². The number of rotatable bonds is 7. The smallest absolute Gasteiger partial charge is 0.181 e. The van der Waals surface area contributed by atoms with Crippen molar-refractivity contribution in [1.29, 1.82) is 5.26 Å². The predicted molar refractivity (Wildman–Crippen MR) is 130 cm³/mol. The summed E-state index contributed by atoms with van der Waals surface area (Å²) in [6, 6.07) is 7.71. The molecule has 0 saturated carbocycles. The van der Waals surface area contributed by atoms with Crippen LogP contribution in [0.5, 0.6) is 5.75 Å². The number of aromatic amines is 1. The van der Waals surface area contributed by atoms with Crippen LogP contribution in [0.3, 0.4) is 0 Å². The molecule has 34 heavy (non-hydrogen) atoms. The quantitative estimate of drug-likeness (QED) is 0.316. The van der Waals surface area contributed by atoms with E-state index in [2.05, 4.69) is 26.0 Å². The third kappa shape index (κ3) is 4.32. The average molecular weight is 480 g/mol. The maximum atomic E-state index is 9.59. The third-order valence-corrected chi connectivity index (χ3v) is 6.29. The van der Waals surface area contributed by atoms with Gasteiger partial charge >= 0.3 is 0 Å². The molecule has 0 aliphatic carbocycles. The van der Waals surface area contributed by atoms with E-state index < -0.39 is 0 Å². The first kappa shape index (κ1) is 22.6. The number of benzene rings is 1. The molecule has 1 fully saturated rings. The number of H-pyrrole nitrogens is 1. The minimum Gasteiger partial charge on any atom is -0.491 e. The Morgan fingerprint density at radius 3 is 2.82 bits per heavy atom. The molecule has 1 N–H and O–H groups in total. The molecule has 3 aromatic heterocycles. The highest BCUT2D eigenvalue weighted by atomic mass is 35.5. The van der Waals surface area contributed by atoms with E-state index in [0.717, 1.165) is 61.6 Å². The Kier molecular flexibility index (Phi) is 6.37. The van der Waals surface area contributed by atoms with E-state index in [1.54, 1.807) is 12.1 Å². The van der Waals surface area contributed by atoms with Crippen molar-refractivity contribution in [2.45, 2.75) is 26.8 Å². The first-order valence-corrected chi connectivity index (χ1v) is 11.9. The lowest BCUT2D eigenvalue weighted by molar-refractivity contribution is 0.0358. The fourth-order valence-electron chi connectivity index (χ4n) is 4.38. The van der Waals surface area contributed by atoms with E-state index in [1.807, 2.05) is 24.6 Å². The molecule has 9 nitrogen and oxygen atoms in total. The van der Waals surface area contributed by atoms with Crippen LogP contribution in [0.1, 0.15) is 24.6 Å². The molecule has 176 valence electrons. The topological polar surface area (TPSA) is 105 Å². The van der Waals surface area contributed by atoms with E-state index in [4.69, 9.17) is 26.1 Å². The van der Waals surface area contributed by atoms with Crippen molar-refractivity contribution >= 4 is 33.5 Å². The summed E-state index contributed by atoms with van der Waals surface area (Å²) in [7, 11) is 0. The van der Waals surface area contributed by atoms with Gasteiger partial charge in [0.25, 0.3) is 0 Å². The highest BCUT2D eigenvalue weighted by Gasteiger charge is 2.19. The van der Waals surface area contributed by atoms with Crippen LogP contribution >= 0.6 is 11.6 Å². The van der Waals surface area contributed by atoms with Gasteiger partial charge in [0.1, 0.15) is 22.2 Å². The summed E-state index contributed by atoms with van der Waals surface area (Å²) < 4.78 is 13.4. The van der Waals surface area contributed by atoms with Gasteiger partial charge in [-0.2, -0.15) is 10.4 Å². The number of nitriles is 1. The lowest BCUT2D eigenvalue weighted by Crippen LogP contribution is -2.37. The SMILES string of the molecule is CCn1nc(C)cc1-c1nc(Cl)c2c(n1)[nH]c1c(OCCCN3CCOCC3)cc(C#N)cc12. The van der Waals surface area contributed by atoms with Crippen LogP contribution in [-0.4, -0.2) is 69.1 Å². The van der Waals surface area contributed by atoms with Gasteiger partial charge in [-0.05, 0) is 32.4 Å². The molecule has 10 heteroatoms. The second-order valence-corrected chi connectivity index (χ2v) is 8.70. The van der Waals surface area contributed by atoms with Crippen molar-refractivity contribution in [3.05, 3.63) is 34.6 Å². The molecule has 1 aliphatic rings. The van der Waals surface area contributed by atoms with Gasteiger partial charge in [0.2, 0.25) is 0 Å². The Labute approximate surface area is 202 Å². The Hall–Kier alpha value is -3.19. The minimum atomic E-state index is 0.320. The van der Waals surface area contributed by atoms with Gasteiger partial charge in [-0.3, -0.25) is 9.58 Å². The molecule has 0 amide bonds. The van der Waals surface area contributed by atoms with Crippen LogP contribution in [0.15, 0.2) is 18.2 Å². The Morgan fingerprint density at radius 1 is 1.24 bits per heavy atom. The van der Waals surface area contributed by atoms with Gasteiger partial charge in [-0.25, -0.2) is 9.97 Å². The molecule has 0 spiro atoms. The van der Waals surface area contributed by atoms with E-state index in [0.29, 0.717) is 46.5 Å². The van der Waals surface area contributed by atoms with Gasteiger partial charge in [-0.1, -0.05) is 11.6 Å². The zero-order valence-electron chi connectivity index (χ0n) is 19.3. The number of halogens is 1. The van der Waals surface area contributed by atoms with Crippen LogP contribution in [-0.2, 0) is 11.3 Å². The Bertz CT molecular complexity index is 1380. The number of nitrogens with one attached hydrogen (secondary N) is 1. The molecule has 5 rings (SSSR count). The maximum absolute atomic E-state index is 9.59. The zero-order chi connectivity index (χ0) is 23.7. The van der Waals surface area contributed by atoms with Crippen LogP contribution in [0.25, 0.3) is 33.5 Å². The zero-order valence-corrected chi connectivity index (χ0v) is 20.0. The third-order valence-electron chi connectivity index (χ3n) is 6.02. The van der Waals surface area contributed by atoms with Crippen molar-refractivity contribution in [3.63, 3.8) is 0 Å². The Balaban J connectivity index is 1.48. The first-order chi connectivity index (χ1) is 16.6. The molecular weight excluding hydrogens is 454 g/mol. The molecule has 1 aliphatic heterocycles. The fourth-order valence-corrected chi connectivity index (χ4v) is 4.65. The summed E-state index contributed by atoms with van der Waals surface area (Å²) in [6.07, 6.45) is 0.879. The van der Waals surface area contributed by atoms with Gasteiger partial charge in [-0.15, -0.1) is 0 Å². The molecule has 4 heterocycles. The number of hydrogen-bond acceptors (Lipinski definition) is 7. The molecular formula is C24H26ClN7O2. The molecule has 0 bridgehead atoms. The monoisotopic (exact) mass is 479 g/mol. The number of aromatic nitrogens is 5. The average Bonchev–Trinajstić information content (AvgIpc) is 3.42. The van der Waals surface area contributed by atoms with Crippen LogP contribution in [0.4, 0.5) is 0 Å². The van der Waals surface area contributed by atoms with Crippen molar-refractivity contribution in [3.8, 4) is 23.3 Å².